The van der Waals surface area contributed by atoms with Gasteiger partial charge in [-0.05, 0) is 68.0 Å². The van der Waals surface area contributed by atoms with Gasteiger partial charge in [0.25, 0.3) is 11.6 Å². The molecule has 3 aromatic rings. The van der Waals surface area contributed by atoms with Crippen molar-refractivity contribution in [3.05, 3.63) is 90.6 Å². The van der Waals surface area contributed by atoms with Gasteiger partial charge in [-0.25, -0.2) is 0 Å². The van der Waals surface area contributed by atoms with Crippen LogP contribution in [0.25, 0.3) is 0 Å². The zero-order chi connectivity index (χ0) is 26.9. The molecule has 1 aliphatic heterocycles. The van der Waals surface area contributed by atoms with Crippen molar-refractivity contribution in [2.24, 2.45) is 0 Å². The molecule has 0 saturated carbocycles. The van der Waals surface area contributed by atoms with Gasteiger partial charge in [0, 0.05) is 29.1 Å². The van der Waals surface area contributed by atoms with Crippen LogP contribution in [0.1, 0.15) is 53.2 Å². The van der Waals surface area contributed by atoms with Crippen molar-refractivity contribution in [1.29, 1.82) is 0 Å². The van der Waals surface area contributed by atoms with Crippen molar-refractivity contribution in [2.45, 2.75) is 38.8 Å². The second-order valence-corrected chi connectivity index (χ2v) is 11.2. The van der Waals surface area contributed by atoms with E-state index < -0.39 is 16.4 Å². The molecule has 0 bridgehead atoms. The van der Waals surface area contributed by atoms with Gasteiger partial charge >= 0.3 is 0 Å². The average molecular weight is 542 g/mol. The van der Waals surface area contributed by atoms with Crippen LogP contribution in [0.5, 0.6) is 5.75 Å². The van der Waals surface area contributed by atoms with E-state index in [1.54, 1.807) is 18.4 Å². The molecule has 0 aliphatic carbocycles. The number of rotatable bonds is 6. The Labute approximate surface area is 224 Å². The zero-order valence-electron chi connectivity index (χ0n) is 21.1. The number of carbonyl (C=O) groups is 2. The Balaban J connectivity index is 1.65. The zero-order valence-corrected chi connectivity index (χ0v) is 22.6. The van der Waals surface area contributed by atoms with E-state index in [9.17, 15) is 19.7 Å². The lowest BCUT2D eigenvalue weighted by atomic mass is 9.93. The maximum Gasteiger partial charge on any atom is 0.270 e. The van der Waals surface area contributed by atoms with Crippen LogP contribution in [0.4, 0.5) is 5.69 Å². The van der Waals surface area contributed by atoms with Crippen molar-refractivity contribution in [1.82, 2.24) is 9.80 Å². The van der Waals surface area contributed by atoms with E-state index in [2.05, 4.69) is 6.07 Å². The number of amides is 2. The number of hydrogen-bond acceptors (Lipinski definition) is 6. The smallest absolute Gasteiger partial charge is 0.270 e. The molecule has 2 heterocycles. The van der Waals surface area contributed by atoms with E-state index in [1.165, 1.54) is 21.9 Å². The Morgan fingerprint density at radius 3 is 2.49 bits per heavy atom. The molecule has 2 aromatic carbocycles. The fourth-order valence-electron chi connectivity index (χ4n) is 4.51. The summed E-state index contributed by atoms with van der Waals surface area (Å²) in [5.74, 6) is 0.0708. The number of thiophene rings is 1. The van der Waals surface area contributed by atoms with Gasteiger partial charge in [-0.1, -0.05) is 23.7 Å². The first-order valence-corrected chi connectivity index (χ1v) is 13.0. The number of non-ortho nitro benzene ring substituents is 1. The van der Waals surface area contributed by atoms with E-state index in [0.717, 1.165) is 29.4 Å². The summed E-state index contributed by atoms with van der Waals surface area (Å²) in [7, 11) is 1.61. The summed E-state index contributed by atoms with van der Waals surface area (Å²) in [6.45, 7) is 5.87. The number of nitro groups is 1. The number of methoxy groups -OCH3 is 1. The fraction of sp³-hybridized carbons (Fsp3) is 0.333. The Bertz CT molecular complexity index is 1330. The van der Waals surface area contributed by atoms with Crippen LogP contribution >= 0.6 is 22.9 Å². The van der Waals surface area contributed by atoms with Crippen molar-refractivity contribution < 1.29 is 19.2 Å². The molecule has 2 amide bonds. The molecule has 1 aliphatic rings. The molecule has 0 spiro atoms. The van der Waals surface area contributed by atoms with E-state index in [0.29, 0.717) is 6.54 Å². The molecule has 4 rings (SSSR count). The number of nitro benzene ring substituents is 1. The Morgan fingerprint density at radius 1 is 1.19 bits per heavy atom. The Morgan fingerprint density at radius 2 is 1.89 bits per heavy atom. The van der Waals surface area contributed by atoms with Gasteiger partial charge in [0.05, 0.1) is 28.7 Å². The Hall–Kier alpha value is -3.43. The summed E-state index contributed by atoms with van der Waals surface area (Å²) in [4.78, 5) is 42.5. The fourth-order valence-corrected chi connectivity index (χ4v) is 5.67. The number of nitrogens with zero attached hydrogens (tertiary/aromatic N) is 3. The summed E-state index contributed by atoms with van der Waals surface area (Å²) >= 11 is 7.94. The third-order valence-corrected chi connectivity index (χ3v) is 7.77. The maximum atomic E-state index is 13.8. The highest BCUT2D eigenvalue weighted by Crippen LogP contribution is 2.38. The van der Waals surface area contributed by atoms with Crippen molar-refractivity contribution in [2.75, 3.05) is 20.2 Å². The number of carbonyl (C=O) groups excluding carboxylic acids is 2. The second-order valence-electron chi connectivity index (χ2n) is 9.80. The van der Waals surface area contributed by atoms with Crippen LogP contribution in [0.2, 0.25) is 5.02 Å². The van der Waals surface area contributed by atoms with Crippen LogP contribution in [-0.2, 0) is 11.2 Å². The molecule has 1 aromatic heterocycles. The monoisotopic (exact) mass is 541 g/mol. The van der Waals surface area contributed by atoms with Gasteiger partial charge in [0.2, 0.25) is 5.91 Å². The first-order valence-electron chi connectivity index (χ1n) is 11.8. The lowest BCUT2D eigenvalue weighted by Crippen LogP contribution is -2.52. The van der Waals surface area contributed by atoms with E-state index in [1.807, 2.05) is 55.3 Å². The highest BCUT2D eigenvalue weighted by atomic mass is 35.5. The van der Waals surface area contributed by atoms with Crippen LogP contribution in [0, 0.1) is 10.1 Å². The standard InChI is InChI=1S/C27H28ClN3O5S/c1-27(2,3)30(26(33)20-10-7-18(31(34)35)15-22(20)28)16-24(32)29-13-11-23-21(12-14-37-23)25(29)17-5-8-19(36-4)9-6-17/h5-10,12,14-15,25H,11,13,16H2,1-4H3. The SMILES string of the molecule is COc1ccc(C2c3ccsc3CCN2C(=O)CN(C(=O)c2ccc([N+](=O)[O-])cc2Cl)C(C)(C)C)cc1. The van der Waals surface area contributed by atoms with E-state index in [4.69, 9.17) is 16.3 Å². The predicted octanol–water partition coefficient (Wildman–Crippen LogP) is 5.73. The largest absolute Gasteiger partial charge is 0.497 e. The third kappa shape index (κ3) is 5.47. The predicted molar refractivity (Wildman–Crippen MR) is 143 cm³/mol. The minimum absolute atomic E-state index is 0.0297. The topological polar surface area (TPSA) is 93.0 Å². The van der Waals surface area contributed by atoms with Crippen LogP contribution in [0.3, 0.4) is 0 Å². The molecule has 0 radical (unpaired) electrons. The third-order valence-electron chi connectivity index (χ3n) is 6.46. The van der Waals surface area contributed by atoms with Crippen LogP contribution in [0.15, 0.2) is 53.9 Å². The first kappa shape index (κ1) is 26.6. The summed E-state index contributed by atoms with van der Waals surface area (Å²) < 4.78 is 5.30. The van der Waals surface area contributed by atoms with Crippen molar-refractivity contribution in [3.8, 4) is 5.75 Å². The molecule has 0 fully saturated rings. The maximum absolute atomic E-state index is 13.8. The summed E-state index contributed by atoms with van der Waals surface area (Å²) in [5, 5.41) is 13.1. The number of fused-ring (bicyclic) bond motifs is 1. The summed E-state index contributed by atoms with van der Waals surface area (Å²) in [6.07, 6.45) is 0.739. The molecule has 37 heavy (non-hydrogen) atoms. The van der Waals surface area contributed by atoms with Crippen molar-refractivity contribution >= 4 is 40.4 Å². The molecule has 0 N–H and O–H groups in total. The number of hydrogen-bond donors (Lipinski definition) is 0. The highest BCUT2D eigenvalue weighted by Gasteiger charge is 2.37. The normalized spacial score (nSPS) is 15.2. The number of benzene rings is 2. The highest BCUT2D eigenvalue weighted by molar-refractivity contribution is 7.10. The van der Waals surface area contributed by atoms with Gasteiger partial charge in [0.1, 0.15) is 12.3 Å². The number of ether oxygens (including phenoxy) is 1. The molecule has 10 heteroatoms. The van der Waals surface area contributed by atoms with E-state index >= 15 is 0 Å². The summed E-state index contributed by atoms with van der Waals surface area (Å²) in [6, 6.07) is 13.2. The van der Waals surface area contributed by atoms with Crippen LogP contribution < -0.4 is 4.74 Å². The van der Waals surface area contributed by atoms with Gasteiger partial charge < -0.3 is 14.5 Å². The van der Waals surface area contributed by atoms with Crippen LogP contribution in [-0.4, -0.2) is 52.3 Å². The molecule has 0 saturated heterocycles. The lowest BCUT2D eigenvalue weighted by Gasteiger charge is -2.40. The van der Waals surface area contributed by atoms with Crippen molar-refractivity contribution in [3.63, 3.8) is 0 Å². The quantitative estimate of drug-likeness (QED) is 0.293. The van der Waals surface area contributed by atoms with Gasteiger partial charge in [-0.15, -0.1) is 11.3 Å². The molecule has 1 atom stereocenters. The molecule has 194 valence electrons. The van der Waals surface area contributed by atoms with Gasteiger partial charge in [0.15, 0.2) is 0 Å². The minimum atomic E-state index is -0.712. The molecule has 1 unspecified atom stereocenters. The molecule has 8 nitrogen and oxygen atoms in total. The summed E-state index contributed by atoms with van der Waals surface area (Å²) in [5.41, 5.74) is 1.24. The number of halogens is 1. The average Bonchev–Trinajstić information content (AvgIpc) is 3.34. The second kappa shape index (κ2) is 10.5. The van der Waals surface area contributed by atoms with Gasteiger partial charge in [-0.2, -0.15) is 0 Å². The first-order chi connectivity index (χ1) is 17.5. The van der Waals surface area contributed by atoms with Gasteiger partial charge in [-0.3, -0.25) is 19.7 Å². The molecular weight excluding hydrogens is 514 g/mol. The van der Waals surface area contributed by atoms with E-state index in [-0.39, 0.29) is 34.8 Å². The molecular formula is C27H28ClN3O5S. The minimum Gasteiger partial charge on any atom is -0.497 e. The lowest BCUT2D eigenvalue weighted by molar-refractivity contribution is -0.384. The Kier molecular flexibility index (Phi) is 7.57.